The highest BCUT2D eigenvalue weighted by molar-refractivity contribution is 5.91. The van der Waals surface area contributed by atoms with E-state index in [0.29, 0.717) is 18.9 Å². The predicted octanol–water partition coefficient (Wildman–Crippen LogP) is 5.33. The second-order valence-corrected chi connectivity index (χ2v) is 6.83. The number of carbonyl (C=O) groups excluding carboxylic acids is 1. The summed E-state index contributed by atoms with van der Waals surface area (Å²) in [5.74, 6) is 1.38. The Balaban J connectivity index is 1.92. The van der Waals surface area contributed by atoms with Gasteiger partial charge in [-0.15, -0.1) is 0 Å². The minimum Gasteiger partial charge on any atom is -0.493 e. The molecular weight excluding hydrogens is 350 g/mol. The Morgan fingerprint density at radius 3 is 2.54 bits per heavy atom. The third-order valence-corrected chi connectivity index (χ3v) is 4.50. The smallest absolute Gasteiger partial charge is 0.246 e. The topological polar surface area (TPSA) is 38.8 Å². The first-order valence-corrected chi connectivity index (χ1v) is 9.92. The van der Waals surface area contributed by atoms with E-state index in [1.807, 2.05) is 48.5 Å². The molecule has 0 unspecified atom stereocenters. The van der Waals surface area contributed by atoms with E-state index in [2.05, 4.69) is 6.92 Å². The van der Waals surface area contributed by atoms with Crippen molar-refractivity contribution in [3.05, 3.63) is 65.7 Å². The lowest BCUT2D eigenvalue weighted by atomic mass is 10.1. The first kappa shape index (κ1) is 21.5. The molecule has 4 nitrogen and oxygen atoms in total. The van der Waals surface area contributed by atoms with Gasteiger partial charge < -0.3 is 14.4 Å². The molecule has 0 atom stereocenters. The molecule has 4 heteroatoms. The number of ether oxygens (including phenoxy) is 2. The van der Waals surface area contributed by atoms with Gasteiger partial charge in [0.15, 0.2) is 11.5 Å². The number of hydrogen-bond acceptors (Lipinski definition) is 3. The number of likely N-dealkylation sites (N-methyl/N-ethyl adjacent to an activating group) is 1. The lowest BCUT2D eigenvalue weighted by Gasteiger charge is -2.15. The monoisotopic (exact) mass is 381 g/mol. The molecule has 2 aromatic carbocycles. The maximum absolute atomic E-state index is 12.4. The summed E-state index contributed by atoms with van der Waals surface area (Å²) in [5, 5.41) is 0. The maximum atomic E-state index is 12.4. The Labute approximate surface area is 168 Å². The van der Waals surface area contributed by atoms with Crippen LogP contribution in [0.15, 0.2) is 54.6 Å². The second-order valence-electron chi connectivity index (χ2n) is 6.83. The number of benzene rings is 2. The number of unbranched alkanes of at least 4 members (excludes halogenated alkanes) is 3. The SMILES string of the molecule is CCCCCCOc1ccc(/C=C/C(=O)N(C)Cc2ccccc2)cc1OC. The van der Waals surface area contributed by atoms with Gasteiger partial charge in [0.25, 0.3) is 0 Å². The van der Waals surface area contributed by atoms with Crippen LogP contribution in [-0.4, -0.2) is 31.6 Å². The van der Waals surface area contributed by atoms with Gasteiger partial charge in [0.1, 0.15) is 0 Å². The Hall–Kier alpha value is -2.75. The average molecular weight is 382 g/mol. The van der Waals surface area contributed by atoms with Crippen LogP contribution < -0.4 is 9.47 Å². The molecule has 0 aliphatic rings. The Morgan fingerprint density at radius 2 is 1.82 bits per heavy atom. The number of hydrogen-bond donors (Lipinski definition) is 0. The fourth-order valence-electron chi connectivity index (χ4n) is 2.85. The van der Waals surface area contributed by atoms with Crippen LogP contribution in [0.4, 0.5) is 0 Å². The first-order valence-electron chi connectivity index (χ1n) is 9.92. The fourth-order valence-corrected chi connectivity index (χ4v) is 2.85. The van der Waals surface area contributed by atoms with E-state index in [-0.39, 0.29) is 5.91 Å². The lowest BCUT2D eigenvalue weighted by molar-refractivity contribution is -0.125. The minimum atomic E-state index is -0.0425. The van der Waals surface area contributed by atoms with Crippen LogP contribution in [0.1, 0.15) is 43.7 Å². The van der Waals surface area contributed by atoms with Crippen molar-refractivity contribution < 1.29 is 14.3 Å². The summed E-state index contributed by atoms with van der Waals surface area (Å²) in [6.07, 6.45) is 8.06. The molecule has 0 aliphatic carbocycles. The number of methoxy groups -OCH3 is 1. The zero-order valence-electron chi connectivity index (χ0n) is 17.2. The summed E-state index contributed by atoms with van der Waals surface area (Å²) in [6.45, 7) is 3.47. The quantitative estimate of drug-likeness (QED) is 0.390. The molecule has 0 heterocycles. The van der Waals surface area contributed by atoms with Crippen LogP contribution in [0.2, 0.25) is 0 Å². The summed E-state index contributed by atoms with van der Waals surface area (Å²) >= 11 is 0. The van der Waals surface area contributed by atoms with Gasteiger partial charge in [-0.25, -0.2) is 0 Å². The van der Waals surface area contributed by atoms with Gasteiger partial charge in [-0.3, -0.25) is 4.79 Å². The predicted molar refractivity (Wildman–Crippen MR) is 115 cm³/mol. The van der Waals surface area contributed by atoms with Crippen molar-refractivity contribution in [2.45, 2.75) is 39.2 Å². The highest BCUT2D eigenvalue weighted by Gasteiger charge is 2.07. The standard InChI is InChI=1S/C24H31NO3/c1-4-5-6-10-17-28-22-15-13-20(18-23(22)27-3)14-16-24(26)25(2)19-21-11-8-7-9-12-21/h7-9,11-16,18H,4-6,10,17,19H2,1-3H3/b16-14+. The lowest BCUT2D eigenvalue weighted by Crippen LogP contribution is -2.24. The van der Waals surface area contributed by atoms with E-state index in [1.165, 1.54) is 19.3 Å². The molecule has 0 saturated heterocycles. The molecule has 0 spiro atoms. The van der Waals surface area contributed by atoms with E-state index in [0.717, 1.165) is 23.3 Å². The van der Waals surface area contributed by atoms with Gasteiger partial charge in [0.2, 0.25) is 5.91 Å². The average Bonchev–Trinajstić information content (AvgIpc) is 2.73. The van der Waals surface area contributed by atoms with Crippen LogP contribution in [-0.2, 0) is 11.3 Å². The highest BCUT2D eigenvalue weighted by Crippen LogP contribution is 2.28. The molecule has 2 aromatic rings. The van der Waals surface area contributed by atoms with Gasteiger partial charge >= 0.3 is 0 Å². The molecule has 0 fully saturated rings. The number of carbonyl (C=O) groups is 1. The van der Waals surface area contributed by atoms with Gasteiger partial charge in [-0.05, 0) is 35.8 Å². The summed E-state index contributed by atoms with van der Waals surface area (Å²) in [6, 6.07) is 15.7. The first-order chi connectivity index (χ1) is 13.6. The van der Waals surface area contributed by atoms with Crippen LogP contribution in [0.25, 0.3) is 6.08 Å². The van der Waals surface area contributed by atoms with Crippen LogP contribution in [0, 0.1) is 0 Å². The molecule has 150 valence electrons. The fraction of sp³-hybridized carbons (Fsp3) is 0.375. The van der Waals surface area contributed by atoms with E-state index >= 15 is 0 Å². The second kappa shape index (κ2) is 11.9. The van der Waals surface area contributed by atoms with E-state index in [4.69, 9.17) is 9.47 Å². The zero-order chi connectivity index (χ0) is 20.2. The van der Waals surface area contributed by atoms with Crippen molar-refractivity contribution in [1.29, 1.82) is 0 Å². The molecule has 0 aromatic heterocycles. The van der Waals surface area contributed by atoms with Gasteiger partial charge in [0, 0.05) is 19.7 Å². The molecule has 2 rings (SSSR count). The number of nitrogens with zero attached hydrogens (tertiary/aromatic N) is 1. The van der Waals surface area contributed by atoms with Gasteiger partial charge in [0.05, 0.1) is 13.7 Å². The van der Waals surface area contributed by atoms with Gasteiger partial charge in [-0.2, -0.15) is 0 Å². The van der Waals surface area contributed by atoms with Crippen molar-refractivity contribution in [1.82, 2.24) is 4.90 Å². The molecule has 1 amide bonds. The normalized spacial score (nSPS) is 10.8. The van der Waals surface area contributed by atoms with Crippen molar-refractivity contribution in [3.63, 3.8) is 0 Å². The minimum absolute atomic E-state index is 0.0425. The third-order valence-electron chi connectivity index (χ3n) is 4.50. The molecule has 28 heavy (non-hydrogen) atoms. The Bertz CT molecular complexity index is 756. The van der Waals surface area contributed by atoms with Crippen LogP contribution >= 0.6 is 0 Å². The molecular formula is C24H31NO3. The third kappa shape index (κ3) is 7.10. The molecule has 0 saturated carbocycles. The summed E-state index contributed by atoms with van der Waals surface area (Å²) in [5.41, 5.74) is 2.01. The van der Waals surface area contributed by atoms with Crippen LogP contribution in [0.5, 0.6) is 11.5 Å². The van der Waals surface area contributed by atoms with Crippen molar-refractivity contribution in [3.8, 4) is 11.5 Å². The summed E-state index contributed by atoms with van der Waals surface area (Å²) in [4.78, 5) is 14.0. The van der Waals surface area contributed by atoms with Gasteiger partial charge in [-0.1, -0.05) is 62.6 Å². The maximum Gasteiger partial charge on any atom is 0.246 e. The largest absolute Gasteiger partial charge is 0.493 e. The molecule has 0 radical (unpaired) electrons. The number of amides is 1. The van der Waals surface area contributed by atoms with E-state index in [1.54, 1.807) is 31.2 Å². The van der Waals surface area contributed by atoms with Crippen LogP contribution in [0.3, 0.4) is 0 Å². The summed E-state index contributed by atoms with van der Waals surface area (Å²) < 4.78 is 11.3. The van der Waals surface area contributed by atoms with Crippen molar-refractivity contribution >= 4 is 12.0 Å². The van der Waals surface area contributed by atoms with E-state index in [9.17, 15) is 4.79 Å². The Kier molecular flexibility index (Phi) is 9.13. The number of rotatable bonds is 11. The van der Waals surface area contributed by atoms with Crippen molar-refractivity contribution in [2.75, 3.05) is 20.8 Å². The zero-order valence-corrected chi connectivity index (χ0v) is 17.2. The van der Waals surface area contributed by atoms with Crippen molar-refractivity contribution in [2.24, 2.45) is 0 Å². The molecule has 0 aliphatic heterocycles. The van der Waals surface area contributed by atoms with E-state index < -0.39 is 0 Å². The Morgan fingerprint density at radius 1 is 1.04 bits per heavy atom. The molecule has 0 N–H and O–H groups in total. The molecule has 0 bridgehead atoms. The highest BCUT2D eigenvalue weighted by atomic mass is 16.5. The summed E-state index contributed by atoms with van der Waals surface area (Å²) in [7, 11) is 3.43.